The highest BCUT2D eigenvalue weighted by molar-refractivity contribution is 7.00. The zero-order valence-electron chi connectivity index (χ0n) is 26.0. The lowest BCUT2D eigenvalue weighted by Crippen LogP contribution is -2.68. The second-order valence-corrected chi connectivity index (χ2v) is 29.9. The number of aromatic hydroxyl groups is 2. The zero-order valence-corrected chi connectivity index (χ0v) is 28.0. The summed E-state index contributed by atoms with van der Waals surface area (Å²) in [4.78, 5) is 0. The minimum atomic E-state index is -2.47. The van der Waals surface area contributed by atoms with E-state index in [-0.39, 0.29) is 41.7 Å². The normalized spacial score (nSPS) is 15.6. The van der Waals surface area contributed by atoms with Crippen molar-refractivity contribution in [2.24, 2.45) is 0 Å². The van der Waals surface area contributed by atoms with Crippen LogP contribution in [0.25, 0.3) is 0 Å². The third kappa shape index (κ3) is 4.23. The highest BCUT2D eigenvalue weighted by atomic mass is 28.3. The van der Waals surface area contributed by atoms with E-state index >= 15 is 0 Å². The van der Waals surface area contributed by atoms with Gasteiger partial charge in [0.2, 0.25) is 0 Å². The summed E-state index contributed by atoms with van der Waals surface area (Å²) < 4.78 is 0. The van der Waals surface area contributed by atoms with Gasteiger partial charge in [0.15, 0.2) is 11.5 Å². The number of rotatable bonds is 2. The predicted octanol–water partition coefficient (Wildman–Crippen LogP) is 9.21. The Balaban J connectivity index is 4.40. The molecule has 1 rings (SSSR count). The van der Waals surface area contributed by atoms with Gasteiger partial charge in [0, 0.05) is 0 Å². The molecule has 0 unspecified atom stereocenters. The summed E-state index contributed by atoms with van der Waals surface area (Å²) in [6, 6.07) is 4.45. The second-order valence-electron chi connectivity index (χ2n) is 16.9. The molecule has 0 radical (unpaired) electrons. The molecule has 1 aromatic rings. The minimum Gasteiger partial charge on any atom is -0.504 e. The first-order valence-electron chi connectivity index (χ1n) is 13.1. The van der Waals surface area contributed by atoms with Crippen LogP contribution >= 0.6 is 0 Å². The van der Waals surface area contributed by atoms with Crippen molar-refractivity contribution in [1.82, 2.24) is 0 Å². The van der Waals surface area contributed by atoms with Crippen LogP contribution in [0.1, 0.15) is 125 Å². The maximum Gasteiger partial charge on any atom is 0.156 e. The van der Waals surface area contributed by atoms with E-state index in [4.69, 9.17) is 0 Å². The van der Waals surface area contributed by atoms with Crippen molar-refractivity contribution in [2.45, 2.75) is 155 Å². The average Bonchev–Trinajstić information content (AvgIpc) is 2.46. The Bertz CT molecular complexity index is 740. The van der Waals surface area contributed by atoms with Crippen LogP contribution in [0.15, 0.2) is 12.1 Å². The minimum absolute atomic E-state index is 0.0263. The number of benzene rings is 1. The molecule has 0 spiro atoms. The molecule has 0 aliphatic heterocycles. The summed E-state index contributed by atoms with van der Waals surface area (Å²) in [7, 11) is -4.93. The van der Waals surface area contributed by atoms with Crippen LogP contribution in [0.2, 0.25) is 30.2 Å². The molecule has 0 aromatic heterocycles. The van der Waals surface area contributed by atoms with Crippen molar-refractivity contribution in [3.63, 3.8) is 0 Å². The number of hydrogen-bond donors (Lipinski definition) is 2. The van der Waals surface area contributed by atoms with E-state index in [1.165, 1.54) is 0 Å². The molecule has 0 atom stereocenters. The molecule has 0 aliphatic rings. The first kappa shape index (κ1) is 31.3. The number of phenolic OH excluding ortho intramolecular Hbond substituents is 2. The predicted molar refractivity (Wildman–Crippen MR) is 159 cm³/mol. The largest absolute Gasteiger partial charge is 0.504 e. The van der Waals surface area contributed by atoms with Crippen LogP contribution in [0, 0.1) is 0 Å². The van der Waals surface area contributed by atoms with E-state index < -0.39 is 16.1 Å². The van der Waals surface area contributed by atoms with Gasteiger partial charge in [-0.25, -0.2) is 0 Å². The van der Waals surface area contributed by atoms with Crippen molar-refractivity contribution < 1.29 is 10.2 Å². The molecule has 1 aromatic carbocycles. The van der Waals surface area contributed by atoms with Gasteiger partial charge in [0.1, 0.15) is 16.1 Å². The van der Waals surface area contributed by atoms with Crippen LogP contribution < -0.4 is 10.4 Å². The fourth-order valence-corrected chi connectivity index (χ4v) is 30.3. The Morgan fingerprint density at radius 2 is 0.529 bits per heavy atom. The van der Waals surface area contributed by atoms with Crippen LogP contribution in [0.3, 0.4) is 0 Å². The quantitative estimate of drug-likeness (QED) is 0.310. The highest BCUT2D eigenvalue weighted by Gasteiger charge is 2.64. The third-order valence-corrected chi connectivity index (χ3v) is 24.6. The first-order valence-corrected chi connectivity index (χ1v) is 17.1. The van der Waals surface area contributed by atoms with Gasteiger partial charge in [-0.2, -0.15) is 0 Å². The van der Waals surface area contributed by atoms with Crippen molar-refractivity contribution in [1.29, 1.82) is 0 Å². The van der Waals surface area contributed by atoms with Gasteiger partial charge in [-0.05, 0) is 40.6 Å². The summed E-state index contributed by atoms with van der Waals surface area (Å²) in [5.74, 6) is 0.275. The molecule has 0 aliphatic carbocycles. The lowest BCUT2D eigenvalue weighted by Gasteiger charge is -2.61. The van der Waals surface area contributed by atoms with Gasteiger partial charge in [0.25, 0.3) is 0 Å². The second kappa shape index (κ2) is 8.40. The van der Waals surface area contributed by atoms with Crippen molar-refractivity contribution in [3.8, 4) is 11.5 Å². The van der Waals surface area contributed by atoms with Gasteiger partial charge in [-0.15, -0.1) is 0 Å². The van der Waals surface area contributed by atoms with Gasteiger partial charge >= 0.3 is 0 Å². The molecule has 0 amide bonds. The lowest BCUT2D eigenvalue weighted by molar-refractivity contribution is 0.406. The summed E-state index contributed by atoms with van der Waals surface area (Å²) in [6.07, 6.45) is 0. The topological polar surface area (TPSA) is 40.5 Å². The van der Waals surface area contributed by atoms with Crippen molar-refractivity contribution in [2.75, 3.05) is 0 Å². The summed E-state index contributed by atoms with van der Waals surface area (Å²) >= 11 is 0. The number of hydrogen-bond acceptors (Lipinski definition) is 2. The van der Waals surface area contributed by atoms with E-state index in [2.05, 4.69) is 137 Å². The van der Waals surface area contributed by atoms with Crippen LogP contribution in [-0.2, 0) is 0 Å². The van der Waals surface area contributed by atoms with E-state index in [1.807, 2.05) is 0 Å². The maximum absolute atomic E-state index is 12.0. The SMILES string of the molecule is CC(C)(C)[Si](c1ccc([Si](C(C)(C)C)(C(C)(C)C)C(C)(C)C)c(O)c1O)(C(C)(C)C)C(C)(C)C. The first-order chi connectivity index (χ1) is 14.5. The molecule has 34 heavy (non-hydrogen) atoms. The Kier molecular flexibility index (Phi) is 7.73. The Morgan fingerprint density at radius 1 is 0.382 bits per heavy atom. The number of phenols is 2. The van der Waals surface area contributed by atoms with Gasteiger partial charge in [0.05, 0.1) is 0 Å². The molecule has 198 valence electrons. The summed E-state index contributed by atoms with van der Waals surface area (Å²) in [5, 5.41) is 25.8. The molecule has 2 nitrogen and oxygen atoms in total. The van der Waals surface area contributed by atoms with E-state index in [1.54, 1.807) is 0 Å². The fraction of sp³-hybridized carbons (Fsp3) is 0.800. The Labute approximate surface area is 215 Å². The molecule has 0 heterocycles. The van der Waals surface area contributed by atoms with Crippen molar-refractivity contribution >= 4 is 26.5 Å². The van der Waals surface area contributed by atoms with Crippen LogP contribution in [0.5, 0.6) is 11.5 Å². The van der Waals surface area contributed by atoms with Gasteiger partial charge in [-0.3, -0.25) is 0 Å². The molecule has 4 heteroatoms. The van der Waals surface area contributed by atoms with Crippen LogP contribution in [-0.4, -0.2) is 26.4 Å². The maximum atomic E-state index is 12.0. The van der Waals surface area contributed by atoms with Gasteiger partial charge in [-0.1, -0.05) is 137 Å². The average molecular weight is 507 g/mol. The Morgan fingerprint density at radius 3 is 0.647 bits per heavy atom. The van der Waals surface area contributed by atoms with Crippen LogP contribution in [0.4, 0.5) is 0 Å². The highest BCUT2D eigenvalue weighted by Crippen LogP contribution is 2.64. The summed E-state index contributed by atoms with van der Waals surface area (Å²) in [6.45, 7) is 42.0. The molecular weight excluding hydrogens is 449 g/mol. The van der Waals surface area contributed by atoms with E-state index in [0.717, 1.165) is 10.4 Å². The molecule has 0 saturated heterocycles. The zero-order chi connectivity index (χ0) is 27.7. The van der Waals surface area contributed by atoms with E-state index in [0.29, 0.717) is 0 Å². The molecular formula is C30H58O2Si2. The summed E-state index contributed by atoms with van der Waals surface area (Å²) in [5.41, 5.74) is 0. The Hall–Kier alpha value is -0.746. The smallest absolute Gasteiger partial charge is 0.156 e. The standard InChI is InChI=1S/C30H58O2Si2/c1-25(2,3)33(26(4,5)6,27(7,8)9)21-19-20-22(24(32)23(21)31)34(28(10,11)12,29(13,14)15)30(16,17)18/h19-20,31-32H,1-18H3. The monoisotopic (exact) mass is 506 g/mol. The van der Waals surface area contributed by atoms with Crippen molar-refractivity contribution in [3.05, 3.63) is 12.1 Å². The molecule has 0 saturated carbocycles. The molecule has 2 N–H and O–H groups in total. The fourth-order valence-electron chi connectivity index (χ4n) is 10.4. The molecule has 0 fully saturated rings. The third-order valence-electron chi connectivity index (χ3n) is 8.71. The molecule has 0 bridgehead atoms. The lowest BCUT2D eigenvalue weighted by atomic mass is 10.2. The van der Waals surface area contributed by atoms with Gasteiger partial charge < -0.3 is 10.2 Å². The van der Waals surface area contributed by atoms with E-state index in [9.17, 15) is 10.2 Å².